The third kappa shape index (κ3) is 4.67. The number of ether oxygens (including phenoxy) is 3. The largest absolute Gasteiger partial charge is 0.513 e. The maximum absolute atomic E-state index is 14.1. The molecule has 1 spiro atoms. The van der Waals surface area contributed by atoms with Crippen LogP contribution in [0.25, 0.3) is 5.57 Å². The number of aryl methyl sites for hydroxylation is 2. The van der Waals surface area contributed by atoms with Gasteiger partial charge in [-0.3, -0.25) is 4.79 Å². The third-order valence-electron chi connectivity index (χ3n) is 6.69. The molecule has 0 saturated carbocycles. The molecular formula is C26H32N2O7. The second-order valence-electron chi connectivity index (χ2n) is 8.93. The normalized spacial score (nSPS) is 22.1. The summed E-state index contributed by atoms with van der Waals surface area (Å²) in [6, 6.07) is 3.79. The second kappa shape index (κ2) is 10.4. The van der Waals surface area contributed by atoms with E-state index in [1.54, 1.807) is 19.1 Å². The van der Waals surface area contributed by atoms with Gasteiger partial charge in [0.05, 0.1) is 25.9 Å². The van der Waals surface area contributed by atoms with E-state index in [2.05, 4.69) is 5.92 Å². The van der Waals surface area contributed by atoms with E-state index in [1.807, 2.05) is 26.0 Å². The van der Waals surface area contributed by atoms with Gasteiger partial charge in [0.25, 0.3) is 5.91 Å². The van der Waals surface area contributed by atoms with E-state index in [1.165, 1.54) is 5.06 Å². The molecule has 35 heavy (non-hydrogen) atoms. The number of carbonyl (C=O) groups is 2. The smallest absolute Gasteiger partial charge is 0.434 e. The fourth-order valence-corrected chi connectivity index (χ4v) is 5.09. The van der Waals surface area contributed by atoms with Gasteiger partial charge < -0.3 is 19.0 Å². The Kier molecular flexibility index (Phi) is 7.47. The van der Waals surface area contributed by atoms with Gasteiger partial charge in [0.1, 0.15) is 5.54 Å². The Balaban J connectivity index is 1.90. The van der Waals surface area contributed by atoms with Crippen molar-refractivity contribution in [2.45, 2.75) is 58.3 Å². The fraction of sp³-hybridized carbons (Fsp3) is 0.538. The van der Waals surface area contributed by atoms with E-state index in [4.69, 9.17) is 30.3 Å². The van der Waals surface area contributed by atoms with Crippen LogP contribution in [0.5, 0.6) is 0 Å². The Morgan fingerprint density at radius 2 is 2.03 bits per heavy atom. The molecule has 3 heterocycles. The van der Waals surface area contributed by atoms with Crippen molar-refractivity contribution in [2.75, 3.05) is 33.4 Å². The summed E-state index contributed by atoms with van der Waals surface area (Å²) in [7, 11) is 1.60. The van der Waals surface area contributed by atoms with Crippen LogP contribution in [0.1, 0.15) is 54.9 Å². The van der Waals surface area contributed by atoms with Crippen molar-refractivity contribution in [3.8, 4) is 12.3 Å². The van der Waals surface area contributed by atoms with E-state index in [0.29, 0.717) is 50.1 Å². The molecule has 1 amide bonds. The zero-order chi connectivity index (χ0) is 25.2. The maximum Gasteiger partial charge on any atom is 0.513 e. The van der Waals surface area contributed by atoms with Gasteiger partial charge in [-0.15, -0.1) is 6.42 Å². The van der Waals surface area contributed by atoms with Crippen molar-refractivity contribution in [3.63, 3.8) is 0 Å². The van der Waals surface area contributed by atoms with Gasteiger partial charge in [0.2, 0.25) is 0 Å². The summed E-state index contributed by atoms with van der Waals surface area (Å²) in [4.78, 5) is 38.3. The first-order valence-corrected chi connectivity index (χ1v) is 11.9. The van der Waals surface area contributed by atoms with Gasteiger partial charge in [-0.1, -0.05) is 12.0 Å². The minimum absolute atomic E-state index is 0.134. The molecule has 2 saturated heterocycles. The van der Waals surface area contributed by atoms with Crippen molar-refractivity contribution in [1.29, 1.82) is 0 Å². The Morgan fingerprint density at radius 1 is 1.29 bits per heavy atom. The van der Waals surface area contributed by atoms with E-state index < -0.39 is 23.9 Å². The van der Waals surface area contributed by atoms with Gasteiger partial charge in [-0.2, -0.15) is 5.06 Å². The van der Waals surface area contributed by atoms with Crippen LogP contribution >= 0.6 is 0 Å². The molecule has 0 aliphatic carbocycles. The lowest BCUT2D eigenvalue weighted by Crippen LogP contribution is -2.56. The molecule has 0 bridgehead atoms. The summed E-state index contributed by atoms with van der Waals surface area (Å²) in [5.74, 6) is 2.47. The zero-order valence-electron chi connectivity index (χ0n) is 20.7. The molecule has 2 fully saturated rings. The summed E-state index contributed by atoms with van der Waals surface area (Å²) < 4.78 is 16.6. The van der Waals surface area contributed by atoms with Crippen LogP contribution in [-0.2, 0) is 28.7 Å². The molecule has 3 aliphatic rings. The van der Waals surface area contributed by atoms with Crippen molar-refractivity contribution in [1.82, 2.24) is 10.1 Å². The van der Waals surface area contributed by atoms with Crippen LogP contribution in [0, 0.1) is 26.2 Å². The lowest BCUT2D eigenvalue weighted by atomic mass is 9.84. The first kappa shape index (κ1) is 25.2. The third-order valence-corrected chi connectivity index (χ3v) is 6.69. The summed E-state index contributed by atoms with van der Waals surface area (Å²) >= 11 is 0. The van der Waals surface area contributed by atoms with E-state index >= 15 is 0 Å². The average molecular weight is 485 g/mol. The number of amides is 1. The van der Waals surface area contributed by atoms with Gasteiger partial charge in [-0.25, -0.2) is 14.7 Å². The number of nitrogens with zero attached hydrogens (tertiary/aromatic N) is 2. The Morgan fingerprint density at radius 3 is 2.63 bits per heavy atom. The highest BCUT2D eigenvalue weighted by Gasteiger charge is 2.58. The molecule has 4 rings (SSSR count). The molecular weight excluding hydrogens is 452 g/mol. The number of carbonyl (C=O) groups excluding carboxylic acids is 2. The highest BCUT2D eigenvalue weighted by Crippen LogP contribution is 2.49. The number of hydrogen-bond donors (Lipinski definition) is 0. The fourth-order valence-electron chi connectivity index (χ4n) is 5.09. The van der Waals surface area contributed by atoms with Crippen LogP contribution in [0.15, 0.2) is 17.9 Å². The van der Waals surface area contributed by atoms with Gasteiger partial charge in [-0.05, 0) is 57.2 Å². The lowest BCUT2D eigenvalue weighted by Gasteiger charge is -2.43. The Labute approximate surface area is 205 Å². The summed E-state index contributed by atoms with van der Waals surface area (Å²) in [5, 5.41) is 3.14. The van der Waals surface area contributed by atoms with Gasteiger partial charge >= 0.3 is 6.16 Å². The van der Waals surface area contributed by atoms with E-state index in [9.17, 15) is 9.59 Å². The van der Waals surface area contributed by atoms with Crippen molar-refractivity contribution in [2.24, 2.45) is 0 Å². The number of terminal acetylenes is 1. The molecule has 9 heteroatoms. The number of rotatable bonds is 6. The monoisotopic (exact) mass is 484 g/mol. The number of hydrogen-bond acceptors (Lipinski definition) is 8. The number of benzene rings is 1. The van der Waals surface area contributed by atoms with Crippen molar-refractivity contribution in [3.05, 3.63) is 40.1 Å². The molecule has 1 atom stereocenters. The van der Waals surface area contributed by atoms with Gasteiger partial charge in [0.15, 0.2) is 12.0 Å². The molecule has 1 unspecified atom stereocenters. The van der Waals surface area contributed by atoms with Crippen LogP contribution in [-0.4, -0.2) is 67.4 Å². The second-order valence-corrected chi connectivity index (χ2v) is 8.93. The molecule has 3 aliphatic heterocycles. The Bertz CT molecular complexity index is 1060. The molecule has 0 aromatic heterocycles. The zero-order valence-corrected chi connectivity index (χ0v) is 20.7. The SMILES string of the molecule is C#Cc1cc(C)cc(C)c1C1=C(OC(=O)OCC)C2(CCN(OC)CC2)N(OC2CCCO2)C1=O. The molecule has 9 nitrogen and oxygen atoms in total. The average Bonchev–Trinajstić information content (AvgIpc) is 3.42. The lowest BCUT2D eigenvalue weighted by molar-refractivity contribution is -0.291. The minimum Gasteiger partial charge on any atom is -0.434 e. The maximum atomic E-state index is 14.1. The Hall–Kier alpha value is -2.90. The summed E-state index contributed by atoms with van der Waals surface area (Å²) in [5.41, 5.74) is 2.02. The van der Waals surface area contributed by atoms with E-state index in [0.717, 1.165) is 17.5 Å². The van der Waals surface area contributed by atoms with Gasteiger partial charge in [0, 0.05) is 30.6 Å². The number of hydroxylamine groups is 4. The predicted molar refractivity (Wildman–Crippen MR) is 126 cm³/mol. The molecule has 188 valence electrons. The van der Waals surface area contributed by atoms with Crippen molar-refractivity contribution >= 4 is 17.6 Å². The summed E-state index contributed by atoms with van der Waals surface area (Å²) in [6.45, 7) is 7.19. The molecule has 1 aromatic carbocycles. The topological polar surface area (TPSA) is 86.8 Å². The van der Waals surface area contributed by atoms with Crippen LogP contribution < -0.4 is 0 Å². The van der Waals surface area contributed by atoms with E-state index in [-0.39, 0.29) is 17.9 Å². The quantitative estimate of drug-likeness (QED) is 0.448. The van der Waals surface area contributed by atoms with Crippen LogP contribution in [0.3, 0.4) is 0 Å². The predicted octanol–water partition coefficient (Wildman–Crippen LogP) is 3.48. The summed E-state index contributed by atoms with van der Waals surface area (Å²) in [6.07, 6.45) is 6.73. The minimum atomic E-state index is -1.05. The standard InChI is InChI=1S/C26H32N2O7/c1-6-19-16-17(3)15-18(4)21(19)22-23(34-25(30)32-7-2)26(10-12-27(31-5)13-11-26)28(24(22)29)35-20-9-8-14-33-20/h1,15-16,20H,7-14H2,2-5H3. The molecule has 1 aromatic rings. The highest BCUT2D eigenvalue weighted by molar-refractivity contribution is 6.24. The molecule has 0 N–H and O–H groups in total. The van der Waals surface area contributed by atoms with Crippen LogP contribution in [0.2, 0.25) is 0 Å². The van der Waals surface area contributed by atoms with Crippen molar-refractivity contribution < 1.29 is 33.5 Å². The molecule has 0 radical (unpaired) electrons. The van der Waals surface area contributed by atoms with Crippen LogP contribution in [0.4, 0.5) is 4.79 Å². The highest BCUT2D eigenvalue weighted by atomic mass is 16.8. The first-order valence-electron chi connectivity index (χ1n) is 11.9. The number of piperidine rings is 1. The first-order chi connectivity index (χ1) is 16.8.